The monoisotopic (exact) mass is 430 g/mol. The van der Waals surface area contributed by atoms with Crippen molar-refractivity contribution in [1.29, 1.82) is 0 Å². The summed E-state index contributed by atoms with van der Waals surface area (Å²) in [6, 6.07) is 13.8. The molecule has 0 spiro atoms. The SMILES string of the molecule is CCCNC(=O)[C@H](CC)N(Cc1ccc(F)cc1)C(=O)CSCc1ccc(C)cc1. The van der Waals surface area contributed by atoms with Gasteiger partial charge in [0, 0.05) is 18.8 Å². The normalized spacial score (nSPS) is 11.7. The van der Waals surface area contributed by atoms with Crippen molar-refractivity contribution in [2.75, 3.05) is 12.3 Å². The number of halogens is 1. The van der Waals surface area contributed by atoms with Crippen LogP contribution in [0.15, 0.2) is 48.5 Å². The van der Waals surface area contributed by atoms with Gasteiger partial charge in [-0.3, -0.25) is 9.59 Å². The van der Waals surface area contributed by atoms with Crippen LogP contribution in [0.5, 0.6) is 0 Å². The molecule has 0 aliphatic carbocycles. The molecule has 1 atom stereocenters. The number of hydrogen-bond acceptors (Lipinski definition) is 3. The molecule has 0 saturated heterocycles. The van der Waals surface area contributed by atoms with Crippen LogP contribution in [-0.4, -0.2) is 35.1 Å². The van der Waals surface area contributed by atoms with E-state index in [2.05, 4.69) is 29.6 Å². The lowest BCUT2D eigenvalue weighted by Gasteiger charge is -2.30. The Hall–Kier alpha value is -2.34. The number of nitrogens with zero attached hydrogens (tertiary/aromatic N) is 1. The molecule has 0 unspecified atom stereocenters. The van der Waals surface area contributed by atoms with Gasteiger partial charge in [-0.25, -0.2) is 4.39 Å². The van der Waals surface area contributed by atoms with E-state index >= 15 is 0 Å². The van der Waals surface area contributed by atoms with E-state index in [1.807, 2.05) is 20.8 Å². The van der Waals surface area contributed by atoms with Crippen LogP contribution in [0.3, 0.4) is 0 Å². The Morgan fingerprint density at radius 3 is 2.27 bits per heavy atom. The van der Waals surface area contributed by atoms with E-state index in [9.17, 15) is 14.0 Å². The molecule has 0 aromatic heterocycles. The Labute approximate surface area is 183 Å². The van der Waals surface area contributed by atoms with E-state index in [-0.39, 0.29) is 29.9 Å². The number of rotatable bonds is 11. The van der Waals surface area contributed by atoms with Crippen LogP contribution in [-0.2, 0) is 21.9 Å². The topological polar surface area (TPSA) is 49.4 Å². The van der Waals surface area contributed by atoms with Gasteiger partial charge in [0.2, 0.25) is 11.8 Å². The van der Waals surface area contributed by atoms with Gasteiger partial charge in [-0.1, -0.05) is 55.8 Å². The van der Waals surface area contributed by atoms with E-state index < -0.39 is 6.04 Å². The second kappa shape index (κ2) is 12.4. The molecule has 0 fully saturated rings. The van der Waals surface area contributed by atoms with Crippen molar-refractivity contribution in [1.82, 2.24) is 10.2 Å². The minimum atomic E-state index is -0.547. The molecule has 6 heteroatoms. The van der Waals surface area contributed by atoms with Crippen molar-refractivity contribution in [3.8, 4) is 0 Å². The molecule has 4 nitrogen and oxygen atoms in total. The maximum atomic E-state index is 13.3. The van der Waals surface area contributed by atoms with Gasteiger partial charge in [-0.05, 0) is 43.0 Å². The third-order valence-electron chi connectivity index (χ3n) is 4.82. The minimum Gasteiger partial charge on any atom is -0.354 e. The van der Waals surface area contributed by atoms with Crippen LogP contribution in [0.25, 0.3) is 0 Å². The highest BCUT2D eigenvalue weighted by molar-refractivity contribution is 7.99. The summed E-state index contributed by atoms with van der Waals surface area (Å²) in [5.41, 5.74) is 3.17. The standard InChI is InChI=1S/C24H31FN2O2S/c1-4-14-26-24(29)22(5-2)27(15-19-10-12-21(25)13-11-19)23(28)17-30-16-20-8-6-18(3)7-9-20/h6-13,22H,4-5,14-17H2,1-3H3,(H,26,29)/t22-/m0/s1. The first-order chi connectivity index (χ1) is 14.4. The lowest BCUT2D eigenvalue weighted by atomic mass is 10.1. The highest BCUT2D eigenvalue weighted by Crippen LogP contribution is 2.18. The van der Waals surface area contributed by atoms with Gasteiger partial charge in [-0.15, -0.1) is 11.8 Å². The van der Waals surface area contributed by atoms with E-state index in [4.69, 9.17) is 0 Å². The number of carbonyl (C=O) groups is 2. The second-order valence-electron chi connectivity index (χ2n) is 7.34. The summed E-state index contributed by atoms with van der Waals surface area (Å²) in [4.78, 5) is 27.4. The quantitative estimate of drug-likeness (QED) is 0.562. The van der Waals surface area contributed by atoms with Crippen LogP contribution in [0.2, 0.25) is 0 Å². The molecule has 0 saturated carbocycles. The van der Waals surface area contributed by atoms with Crippen molar-refractivity contribution in [3.63, 3.8) is 0 Å². The first kappa shape index (κ1) is 23.9. The van der Waals surface area contributed by atoms with Crippen LogP contribution in [0.1, 0.15) is 43.4 Å². The van der Waals surface area contributed by atoms with Crippen molar-refractivity contribution in [2.24, 2.45) is 0 Å². The van der Waals surface area contributed by atoms with Crippen molar-refractivity contribution in [2.45, 2.75) is 52.0 Å². The first-order valence-corrected chi connectivity index (χ1v) is 11.5. The van der Waals surface area contributed by atoms with E-state index in [0.717, 1.165) is 23.3 Å². The molecular formula is C24H31FN2O2S. The molecule has 162 valence electrons. The van der Waals surface area contributed by atoms with Gasteiger partial charge in [0.15, 0.2) is 0 Å². The lowest BCUT2D eigenvalue weighted by molar-refractivity contribution is -0.139. The largest absolute Gasteiger partial charge is 0.354 e. The molecule has 2 amide bonds. The van der Waals surface area contributed by atoms with Crippen molar-refractivity contribution in [3.05, 3.63) is 71.0 Å². The zero-order chi connectivity index (χ0) is 21.9. The molecule has 0 radical (unpaired) electrons. The fourth-order valence-electron chi connectivity index (χ4n) is 3.10. The van der Waals surface area contributed by atoms with Crippen molar-refractivity contribution >= 4 is 23.6 Å². The fourth-order valence-corrected chi connectivity index (χ4v) is 3.97. The van der Waals surface area contributed by atoms with Crippen LogP contribution in [0.4, 0.5) is 4.39 Å². The van der Waals surface area contributed by atoms with Gasteiger partial charge in [0.25, 0.3) is 0 Å². The zero-order valence-electron chi connectivity index (χ0n) is 18.0. The summed E-state index contributed by atoms with van der Waals surface area (Å²) in [7, 11) is 0. The average molecular weight is 431 g/mol. The number of aryl methyl sites for hydroxylation is 1. The van der Waals surface area contributed by atoms with E-state index in [1.165, 1.54) is 29.5 Å². The Morgan fingerprint density at radius 1 is 1.03 bits per heavy atom. The van der Waals surface area contributed by atoms with Gasteiger partial charge < -0.3 is 10.2 Å². The van der Waals surface area contributed by atoms with Crippen molar-refractivity contribution < 1.29 is 14.0 Å². The van der Waals surface area contributed by atoms with Crippen LogP contribution in [0, 0.1) is 12.7 Å². The summed E-state index contributed by atoms with van der Waals surface area (Å²) >= 11 is 1.54. The molecular weight excluding hydrogens is 399 g/mol. The summed E-state index contributed by atoms with van der Waals surface area (Å²) in [5.74, 6) is 0.466. The van der Waals surface area contributed by atoms with Gasteiger partial charge >= 0.3 is 0 Å². The molecule has 2 aromatic rings. The van der Waals surface area contributed by atoms with Crippen LogP contribution < -0.4 is 5.32 Å². The summed E-state index contributed by atoms with van der Waals surface area (Å²) in [6.07, 6.45) is 1.35. The number of amides is 2. The molecule has 30 heavy (non-hydrogen) atoms. The number of carbonyl (C=O) groups excluding carboxylic acids is 2. The average Bonchev–Trinajstić information content (AvgIpc) is 2.74. The third-order valence-corrected chi connectivity index (χ3v) is 5.80. The van der Waals surface area contributed by atoms with E-state index in [0.29, 0.717) is 13.0 Å². The maximum absolute atomic E-state index is 13.3. The Morgan fingerprint density at radius 2 is 1.67 bits per heavy atom. The lowest BCUT2D eigenvalue weighted by Crippen LogP contribution is -2.49. The third kappa shape index (κ3) is 7.48. The molecule has 0 aliphatic rings. The Bertz CT molecular complexity index is 809. The van der Waals surface area contributed by atoms with Gasteiger partial charge in [0.05, 0.1) is 5.75 Å². The second-order valence-corrected chi connectivity index (χ2v) is 8.33. The summed E-state index contributed by atoms with van der Waals surface area (Å²) in [6.45, 7) is 6.80. The number of hydrogen-bond donors (Lipinski definition) is 1. The Balaban J connectivity index is 2.09. The number of thioether (sulfide) groups is 1. The smallest absolute Gasteiger partial charge is 0.242 e. The molecule has 0 bridgehead atoms. The predicted molar refractivity (Wildman–Crippen MR) is 122 cm³/mol. The van der Waals surface area contributed by atoms with Gasteiger partial charge in [-0.2, -0.15) is 0 Å². The molecule has 0 heterocycles. The summed E-state index contributed by atoms with van der Waals surface area (Å²) < 4.78 is 13.3. The first-order valence-electron chi connectivity index (χ1n) is 10.4. The number of nitrogens with one attached hydrogen (secondary N) is 1. The zero-order valence-corrected chi connectivity index (χ0v) is 18.8. The predicted octanol–water partition coefficient (Wildman–Crippen LogP) is 4.70. The molecule has 2 rings (SSSR count). The number of benzene rings is 2. The Kier molecular flexibility index (Phi) is 9.87. The molecule has 2 aromatic carbocycles. The highest BCUT2D eigenvalue weighted by atomic mass is 32.2. The summed E-state index contributed by atoms with van der Waals surface area (Å²) in [5, 5.41) is 2.90. The molecule has 1 N–H and O–H groups in total. The van der Waals surface area contributed by atoms with Gasteiger partial charge in [0.1, 0.15) is 11.9 Å². The van der Waals surface area contributed by atoms with E-state index in [1.54, 1.807) is 17.0 Å². The minimum absolute atomic E-state index is 0.0880. The fraction of sp³-hybridized carbons (Fsp3) is 0.417. The molecule has 0 aliphatic heterocycles. The van der Waals surface area contributed by atoms with Crippen LogP contribution >= 0.6 is 11.8 Å². The highest BCUT2D eigenvalue weighted by Gasteiger charge is 2.28. The maximum Gasteiger partial charge on any atom is 0.242 e.